The molecule has 2 aromatic rings. The van der Waals surface area contributed by atoms with Crippen LogP contribution >= 0.6 is 0 Å². The fourth-order valence-corrected chi connectivity index (χ4v) is 2.25. The second-order valence-electron chi connectivity index (χ2n) is 4.92. The number of anilines is 1. The molecule has 1 N–H and O–H groups in total. The molecule has 92 valence electrons. The molecule has 0 fully saturated rings. The Bertz CT molecular complexity index is 560. The summed E-state index contributed by atoms with van der Waals surface area (Å²) in [6.45, 7) is 4.86. The van der Waals surface area contributed by atoms with Crippen molar-refractivity contribution in [2.45, 2.75) is 19.9 Å². The number of hydrogen-bond donors (Lipinski definition) is 1. The van der Waals surface area contributed by atoms with E-state index in [4.69, 9.17) is 4.74 Å². The van der Waals surface area contributed by atoms with Gasteiger partial charge in [-0.3, -0.25) is 0 Å². The Morgan fingerprint density at radius 3 is 2.50 bits per heavy atom. The molecule has 3 rings (SSSR count). The third kappa shape index (κ3) is 2.06. The lowest BCUT2D eigenvalue weighted by Crippen LogP contribution is -2.23. The molecular formula is C16H17NO. The van der Waals surface area contributed by atoms with E-state index in [-0.39, 0.29) is 6.04 Å². The van der Waals surface area contributed by atoms with Crippen molar-refractivity contribution in [2.24, 2.45) is 0 Å². The first-order valence-electron chi connectivity index (χ1n) is 6.29. The van der Waals surface area contributed by atoms with Gasteiger partial charge in [0.25, 0.3) is 0 Å². The first kappa shape index (κ1) is 11.1. The molecule has 0 spiro atoms. The van der Waals surface area contributed by atoms with Crippen molar-refractivity contribution in [1.29, 1.82) is 0 Å². The fourth-order valence-electron chi connectivity index (χ4n) is 2.25. The monoisotopic (exact) mass is 239 g/mol. The number of hydrogen-bond acceptors (Lipinski definition) is 2. The maximum absolute atomic E-state index is 5.84. The molecule has 1 aliphatic heterocycles. The van der Waals surface area contributed by atoms with Crippen LogP contribution in [0.1, 0.15) is 22.7 Å². The Morgan fingerprint density at radius 2 is 1.72 bits per heavy atom. The summed E-state index contributed by atoms with van der Waals surface area (Å²) in [5.41, 5.74) is 4.86. The molecule has 2 heteroatoms. The molecule has 0 aliphatic carbocycles. The van der Waals surface area contributed by atoms with E-state index >= 15 is 0 Å². The van der Waals surface area contributed by atoms with Crippen molar-refractivity contribution >= 4 is 5.69 Å². The first-order valence-corrected chi connectivity index (χ1v) is 6.29. The van der Waals surface area contributed by atoms with Gasteiger partial charge in [-0.05, 0) is 37.1 Å². The van der Waals surface area contributed by atoms with Gasteiger partial charge in [-0.15, -0.1) is 0 Å². The lowest BCUT2D eigenvalue weighted by atomic mass is 10.0. The van der Waals surface area contributed by atoms with Gasteiger partial charge in [0.15, 0.2) is 0 Å². The summed E-state index contributed by atoms with van der Waals surface area (Å²) in [4.78, 5) is 0. The van der Waals surface area contributed by atoms with Gasteiger partial charge in [0, 0.05) is 0 Å². The van der Waals surface area contributed by atoms with E-state index in [1.165, 1.54) is 16.7 Å². The molecule has 0 saturated carbocycles. The smallest absolute Gasteiger partial charge is 0.142 e. The zero-order valence-electron chi connectivity index (χ0n) is 10.7. The number of fused-ring (bicyclic) bond motifs is 1. The number of benzene rings is 2. The molecule has 0 unspecified atom stereocenters. The number of rotatable bonds is 1. The molecule has 0 bridgehead atoms. The van der Waals surface area contributed by atoms with Gasteiger partial charge in [0.05, 0.1) is 11.7 Å². The molecule has 1 atom stereocenters. The van der Waals surface area contributed by atoms with Crippen LogP contribution in [0.3, 0.4) is 0 Å². The quantitative estimate of drug-likeness (QED) is 0.816. The molecule has 0 radical (unpaired) electrons. The minimum Gasteiger partial charge on any atom is -0.489 e. The summed E-state index contributed by atoms with van der Waals surface area (Å²) in [6.07, 6.45) is 0. The highest BCUT2D eigenvalue weighted by Crippen LogP contribution is 2.34. The summed E-state index contributed by atoms with van der Waals surface area (Å²) >= 11 is 0. The third-order valence-corrected chi connectivity index (χ3v) is 3.35. The average Bonchev–Trinajstić information content (AvgIpc) is 2.39. The molecule has 1 heterocycles. The van der Waals surface area contributed by atoms with Crippen LogP contribution in [0.5, 0.6) is 5.75 Å². The van der Waals surface area contributed by atoms with Crippen molar-refractivity contribution in [1.82, 2.24) is 0 Å². The van der Waals surface area contributed by atoms with Gasteiger partial charge in [-0.1, -0.05) is 35.9 Å². The predicted octanol–water partition coefficient (Wildman–Crippen LogP) is 3.85. The Hall–Kier alpha value is -1.96. The van der Waals surface area contributed by atoms with E-state index in [2.05, 4.69) is 61.6 Å². The minimum absolute atomic E-state index is 0.237. The lowest BCUT2D eigenvalue weighted by Gasteiger charge is -2.28. The zero-order chi connectivity index (χ0) is 12.5. The van der Waals surface area contributed by atoms with E-state index in [1.807, 2.05) is 0 Å². The van der Waals surface area contributed by atoms with Gasteiger partial charge in [0.2, 0.25) is 0 Å². The number of nitrogens with one attached hydrogen (secondary N) is 1. The van der Waals surface area contributed by atoms with Crippen LogP contribution in [0.4, 0.5) is 5.69 Å². The average molecular weight is 239 g/mol. The molecule has 18 heavy (non-hydrogen) atoms. The van der Waals surface area contributed by atoms with Crippen molar-refractivity contribution in [3.05, 3.63) is 59.2 Å². The predicted molar refractivity (Wildman–Crippen MR) is 74.2 cm³/mol. The van der Waals surface area contributed by atoms with Crippen LogP contribution < -0.4 is 10.1 Å². The van der Waals surface area contributed by atoms with Crippen molar-refractivity contribution in [3.63, 3.8) is 0 Å². The van der Waals surface area contributed by atoms with E-state index in [9.17, 15) is 0 Å². The molecule has 2 nitrogen and oxygen atoms in total. The second-order valence-corrected chi connectivity index (χ2v) is 4.92. The van der Waals surface area contributed by atoms with Crippen molar-refractivity contribution in [2.75, 3.05) is 11.9 Å². The van der Waals surface area contributed by atoms with Gasteiger partial charge in [0.1, 0.15) is 12.4 Å². The molecule has 0 saturated heterocycles. The highest BCUT2D eigenvalue weighted by atomic mass is 16.5. The second kappa shape index (κ2) is 4.37. The van der Waals surface area contributed by atoms with Crippen LogP contribution in [0, 0.1) is 13.8 Å². The summed E-state index contributed by atoms with van der Waals surface area (Å²) in [6, 6.07) is 15.1. The number of aryl methyl sites for hydroxylation is 2. The maximum Gasteiger partial charge on any atom is 0.142 e. The van der Waals surface area contributed by atoms with Gasteiger partial charge >= 0.3 is 0 Å². The normalized spacial score (nSPS) is 17.6. The molecule has 0 amide bonds. The molecule has 1 aliphatic rings. The highest BCUT2D eigenvalue weighted by molar-refractivity contribution is 5.60. The van der Waals surface area contributed by atoms with Gasteiger partial charge < -0.3 is 10.1 Å². The first-order chi connectivity index (χ1) is 8.72. The minimum atomic E-state index is 0.237. The number of ether oxygens (including phenoxy) is 1. The van der Waals surface area contributed by atoms with Crippen LogP contribution in [-0.4, -0.2) is 6.61 Å². The van der Waals surface area contributed by atoms with Gasteiger partial charge in [-0.25, -0.2) is 0 Å². The largest absolute Gasteiger partial charge is 0.489 e. The Labute approximate surface area is 108 Å². The van der Waals surface area contributed by atoms with Crippen LogP contribution in [-0.2, 0) is 0 Å². The third-order valence-electron chi connectivity index (χ3n) is 3.35. The van der Waals surface area contributed by atoms with Crippen LogP contribution in [0.25, 0.3) is 0 Å². The highest BCUT2D eigenvalue weighted by Gasteiger charge is 2.19. The fraction of sp³-hybridized carbons (Fsp3) is 0.250. The van der Waals surface area contributed by atoms with E-state index in [0.29, 0.717) is 6.61 Å². The Balaban J connectivity index is 1.86. The van der Waals surface area contributed by atoms with E-state index < -0.39 is 0 Å². The van der Waals surface area contributed by atoms with Crippen LogP contribution in [0.2, 0.25) is 0 Å². The van der Waals surface area contributed by atoms with E-state index in [0.717, 1.165) is 11.4 Å². The Morgan fingerprint density at radius 1 is 1.00 bits per heavy atom. The van der Waals surface area contributed by atoms with Gasteiger partial charge in [-0.2, -0.15) is 0 Å². The lowest BCUT2D eigenvalue weighted by molar-refractivity contribution is 0.286. The summed E-state index contributed by atoms with van der Waals surface area (Å²) in [5.74, 6) is 0.957. The molecule has 2 aromatic carbocycles. The maximum atomic E-state index is 5.84. The zero-order valence-corrected chi connectivity index (χ0v) is 10.7. The van der Waals surface area contributed by atoms with Crippen molar-refractivity contribution in [3.8, 4) is 5.75 Å². The summed E-state index contributed by atoms with van der Waals surface area (Å²) in [7, 11) is 0. The molecular weight excluding hydrogens is 222 g/mol. The van der Waals surface area contributed by atoms with E-state index in [1.54, 1.807) is 0 Å². The molecule has 0 aromatic heterocycles. The SMILES string of the molecule is Cc1ccc([C@H]2COc3cc(C)ccc3N2)cc1. The summed E-state index contributed by atoms with van der Waals surface area (Å²) in [5, 5.41) is 3.53. The summed E-state index contributed by atoms with van der Waals surface area (Å²) < 4.78 is 5.84. The van der Waals surface area contributed by atoms with Crippen LogP contribution in [0.15, 0.2) is 42.5 Å². The standard InChI is InChI=1S/C16H17NO/c1-11-3-6-13(7-4-11)15-10-18-16-9-12(2)5-8-14(16)17-15/h3-9,15,17H,10H2,1-2H3/t15-/m1/s1. The Kier molecular flexibility index (Phi) is 2.71. The van der Waals surface area contributed by atoms with Crippen molar-refractivity contribution < 1.29 is 4.74 Å². The topological polar surface area (TPSA) is 21.3 Å².